The first kappa shape index (κ1) is 15.3. The maximum absolute atomic E-state index is 5.16. The zero-order valence-corrected chi connectivity index (χ0v) is 8.38. The van der Waals surface area contributed by atoms with Gasteiger partial charge >= 0.3 is 0 Å². The molecule has 0 aliphatic heterocycles. The van der Waals surface area contributed by atoms with E-state index in [-0.39, 0.29) is 5.48 Å². The van der Waals surface area contributed by atoms with Gasteiger partial charge in [0.05, 0.1) is 39.6 Å². The molecule has 82 valence electrons. The Kier molecular flexibility index (Phi) is 16.8. The Bertz CT molecular complexity index is 68.9. The fourth-order valence-electron chi connectivity index (χ4n) is 0.606. The van der Waals surface area contributed by atoms with Crippen LogP contribution in [0.25, 0.3) is 0 Å². The number of ether oxygens (including phenoxy) is 4. The Hall–Kier alpha value is -0.200. The normalized spacial score (nSPS) is 9.69. The molecule has 0 bridgehead atoms. The summed E-state index contributed by atoms with van der Waals surface area (Å²) in [5, 5.41) is 0. The zero-order chi connectivity index (χ0) is 9.07. The summed E-state index contributed by atoms with van der Waals surface area (Å²) in [4.78, 5) is 0. The molecule has 0 radical (unpaired) electrons. The number of hydrogen-bond donors (Lipinski definition) is 0. The van der Waals surface area contributed by atoms with Gasteiger partial charge in [-0.15, -0.1) is 0 Å². The van der Waals surface area contributed by atoms with E-state index in [1.54, 1.807) is 14.2 Å². The highest BCUT2D eigenvalue weighted by Gasteiger charge is 1.88. The first-order valence-corrected chi connectivity index (χ1v) is 4.05. The van der Waals surface area contributed by atoms with Gasteiger partial charge in [-0.2, -0.15) is 0 Å². The molecule has 2 N–H and O–H groups in total. The topological polar surface area (TPSA) is 68.4 Å². The second kappa shape index (κ2) is 14.3. The van der Waals surface area contributed by atoms with Crippen molar-refractivity contribution >= 4 is 0 Å². The molecule has 0 saturated heterocycles. The lowest BCUT2D eigenvalue weighted by Crippen LogP contribution is -2.10. The molecule has 0 heterocycles. The molecule has 5 nitrogen and oxygen atoms in total. The summed E-state index contributed by atoms with van der Waals surface area (Å²) in [6, 6.07) is 0. The quantitative estimate of drug-likeness (QED) is 0.466. The van der Waals surface area contributed by atoms with Gasteiger partial charge in [0.2, 0.25) is 0 Å². The third-order valence-corrected chi connectivity index (χ3v) is 1.24. The van der Waals surface area contributed by atoms with Crippen LogP contribution in [0, 0.1) is 0 Å². The summed E-state index contributed by atoms with van der Waals surface area (Å²) in [7, 11) is 3.30. The molecule has 5 heteroatoms. The summed E-state index contributed by atoms with van der Waals surface area (Å²) < 4.78 is 19.9. The van der Waals surface area contributed by atoms with Crippen LogP contribution in [0.15, 0.2) is 0 Å². The standard InChI is InChI=1S/C8H18O4.H2O/c1-9-3-5-11-7-8-12-6-4-10-2;/h3-8H2,1-2H3;1H2. The Morgan fingerprint density at radius 1 is 0.615 bits per heavy atom. The molecular weight excluding hydrogens is 176 g/mol. The van der Waals surface area contributed by atoms with Crippen molar-refractivity contribution < 1.29 is 24.4 Å². The first-order chi connectivity index (χ1) is 5.91. The van der Waals surface area contributed by atoms with Crippen molar-refractivity contribution in [2.45, 2.75) is 0 Å². The van der Waals surface area contributed by atoms with Crippen molar-refractivity contribution in [1.29, 1.82) is 0 Å². The van der Waals surface area contributed by atoms with Crippen LogP contribution >= 0.6 is 0 Å². The summed E-state index contributed by atoms with van der Waals surface area (Å²) >= 11 is 0. The molecule has 0 unspecified atom stereocenters. The van der Waals surface area contributed by atoms with Gasteiger partial charge < -0.3 is 24.4 Å². The van der Waals surface area contributed by atoms with Crippen LogP contribution in [0.3, 0.4) is 0 Å². The molecule has 0 aromatic carbocycles. The van der Waals surface area contributed by atoms with E-state index in [1.165, 1.54) is 0 Å². The molecule has 0 amide bonds. The van der Waals surface area contributed by atoms with E-state index >= 15 is 0 Å². The first-order valence-electron chi connectivity index (χ1n) is 4.05. The second-order valence-corrected chi connectivity index (χ2v) is 2.21. The molecular formula is C8H20O5. The van der Waals surface area contributed by atoms with Crippen LogP contribution in [0.2, 0.25) is 0 Å². The highest BCUT2D eigenvalue weighted by atomic mass is 16.5. The molecule has 0 spiro atoms. The van der Waals surface area contributed by atoms with Crippen LogP contribution in [0.5, 0.6) is 0 Å². The van der Waals surface area contributed by atoms with Crippen LogP contribution in [-0.2, 0) is 18.9 Å². The van der Waals surface area contributed by atoms with Crippen molar-refractivity contribution in [2.24, 2.45) is 0 Å². The Balaban J connectivity index is 0. The predicted octanol–water partition coefficient (Wildman–Crippen LogP) is -0.512. The minimum absolute atomic E-state index is 0. The van der Waals surface area contributed by atoms with E-state index in [4.69, 9.17) is 18.9 Å². The third kappa shape index (κ3) is 14.6. The van der Waals surface area contributed by atoms with Gasteiger partial charge in [0.25, 0.3) is 0 Å². The Morgan fingerprint density at radius 2 is 0.923 bits per heavy atom. The number of methoxy groups -OCH3 is 2. The van der Waals surface area contributed by atoms with Crippen LogP contribution < -0.4 is 0 Å². The maximum atomic E-state index is 5.16. The minimum atomic E-state index is 0. The highest BCUT2D eigenvalue weighted by Crippen LogP contribution is 1.79. The molecule has 0 aromatic heterocycles. The van der Waals surface area contributed by atoms with Crippen molar-refractivity contribution in [3.8, 4) is 0 Å². The van der Waals surface area contributed by atoms with Crippen molar-refractivity contribution in [1.82, 2.24) is 0 Å². The predicted molar refractivity (Wildman–Crippen MR) is 49.0 cm³/mol. The van der Waals surface area contributed by atoms with Crippen molar-refractivity contribution in [2.75, 3.05) is 53.9 Å². The molecule has 0 aliphatic carbocycles. The fraction of sp³-hybridized carbons (Fsp3) is 1.00. The monoisotopic (exact) mass is 196 g/mol. The van der Waals surface area contributed by atoms with Gasteiger partial charge in [-0.1, -0.05) is 0 Å². The van der Waals surface area contributed by atoms with Gasteiger partial charge in [0.1, 0.15) is 0 Å². The molecule has 0 fully saturated rings. The average molecular weight is 196 g/mol. The van der Waals surface area contributed by atoms with Crippen molar-refractivity contribution in [3.63, 3.8) is 0 Å². The average Bonchev–Trinajstić information content (AvgIpc) is 2.10. The Morgan fingerprint density at radius 3 is 1.23 bits per heavy atom. The summed E-state index contributed by atoms with van der Waals surface area (Å²) in [6.07, 6.45) is 0. The second-order valence-electron chi connectivity index (χ2n) is 2.21. The van der Waals surface area contributed by atoms with Gasteiger partial charge in [-0.3, -0.25) is 0 Å². The number of rotatable bonds is 9. The summed E-state index contributed by atoms with van der Waals surface area (Å²) in [6.45, 7) is 3.77. The zero-order valence-electron chi connectivity index (χ0n) is 8.38. The lowest BCUT2D eigenvalue weighted by Gasteiger charge is -2.04. The molecule has 0 atom stereocenters. The lowest BCUT2D eigenvalue weighted by molar-refractivity contribution is 0.0106. The van der Waals surface area contributed by atoms with E-state index in [0.717, 1.165) is 0 Å². The van der Waals surface area contributed by atoms with Gasteiger partial charge in [-0.05, 0) is 0 Å². The van der Waals surface area contributed by atoms with Gasteiger partial charge in [-0.25, -0.2) is 0 Å². The lowest BCUT2D eigenvalue weighted by atomic mass is 10.7. The maximum Gasteiger partial charge on any atom is 0.0701 e. The smallest absolute Gasteiger partial charge is 0.0701 e. The van der Waals surface area contributed by atoms with Crippen LogP contribution in [-0.4, -0.2) is 59.3 Å². The molecule has 0 aliphatic rings. The molecule has 0 rings (SSSR count). The molecule has 0 saturated carbocycles. The van der Waals surface area contributed by atoms with E-state index < -0.39 is 0 Å². The van der Waals surface area contributed by atoms with E-state index in [9.17, 15) is 0 Å². The highest BCUT2D eigenvalue weighted by molar-refractivity contribution is 4.32. The van der Waals surface area contributed by atoms with E-state index in [2.05, 4.69) is 0 Å². The third-order valence-electron chi connectivity index (χ3n) is 1.24. The van der Waals surface area contributed by atoms with E-state index in [1.807, 2.05) is 0 Å². The van der Waals surface area contributed by atoms with Gasteiger partial charge in [0, 0.05) is 14.2 Å². The Labute approximate surface area is 79.2 Å². The number of hydrogen-bond acceptors (Lipinski definition) is 4. The summed E-state index contributed by atoms with van der Waals surface area (Å²) in [5.41, 5.74) is 0. The largest absolute Gasteiger partial charge is 0.412 e. The fourth-order valence-corrected chi connectivity index (χ4v) is 0.606. The summed E-state index contributed by atoms with van der Waals surface area (Å²) in [5.74, 6) is 0. The molecule has 13 heavy (non-hydrogen) atoms. The van der Waals surface area contributed by atoms with Crippen molar-refractivity contribution in [3.05, 3.63) is 0 Å². The van der Waals surface area contributed by atoms with Crippen LogP contribution in [0.1, 0.15) is 0 Å². The minimum Gasteiger partial charge on any atom is -0.412 e. The molecule has 0 aromatic rings. The SMILES string of the molecule is COCCOCCOCCOC.O. The van der Waals surface area contributed by atoms with Crippen LogP contribution in [0.4, 0.5) is 0 Å². The van der Waals surface area contributed by atoms with Gasteiger partial charge in [0.15, 0.2) is 0 Å². The van der Waals surface area contributed by atoms with E-state index in [0.29, 0.717) is 39.6 Å².